The molecule has 1 unspecified atom stereocenters. The average molecular weight is 213 g/mol. The van der Waals surface area contributed by atoms with E-state index in [1.807, 2.05) is 0 Å². The lowest BCUT2D eigenvalue weighted by atomic mass is 10.0. The highest BCUT2D eigenvalue weighted by atomic mass is 79.9. The van der Waals surface area contributed by atoms with E-state index in [1.165, 1.54) is 16.7 Å². The number of aryl methyl sites for hydroxylation is 2. The third kappa shape index (κ3) is 2.06. The number of hydrogen-bond acceptors (Lipinski definition) is 0. The Balaban J connectivity index is 3.13. The quantitative estimate of drug-likeness (QED) is 0.623. The van der Waals surface area contributed by atoms with E-state index < -0.39 is 0 Å². The van der Waals surface area contributed by atoms with Gasteiger partial charge in [-0.2, -0.15) is 0 Å². The first kappa shape index (κ1) is 8.79. The topological polar surface area (TPSA) is 0 Å². The number of benzene rings is 1. The summed E-state index contributed by atoms with van der Waals surface area (Å²) in [4.78, 5) is 0.461. The second-order valence-electron chi connectivity index (χ2n) is 2.98. The molecule has 0 aliphatic heterocycles. The minimum Gasteiger partial charge on any atom is -0.0842 e. The molecule has 11 heavy (non-hydrogen) atoms. The standard InChI is InChI=1S/C10H13Br/c1-7-4-5-8(2)10(6-7)9(3)11/h4-6,9H,1-3H3. The zero-order valence-corrected chi connectivity index (χ0v) is 8.77. The van der Waals surface area contributed by atoms with Crippen LogP contribution in [0, 0.1) is 13.8 Å². The molecular formula is C10H13Br. The zero-order valence-electron chi connectivity index (χ0n) is 7.19. The summed E-state index contributed by atoms with van der Waals surface area (Å²) >= 11 is 3.57. The van der Waals surface area contributed by atoms with Gasteiger partial charge in [-0.25, -0.2) is 0 Å². The first-order valence-corrected chi connectivity index (χ1v) is 4.74. The molecule has 0 aromatic heterocycles. The second-order valence-corrected chi connectivity index (χ2v) is 4.35. The summed E-state index contributed by atoms with van der Waals surface area (Å²) in [7, 11) is 0. The van der Waals surface area contributed by atoms with E-state index in [0.717, 1.165) is 0 Å². The number of halogens is 1. The molecule has 0 saturated carbocycles. The maximum atomic E-state index is 3.57. The van der Waals surface area contributed by atoms with Gasteiger partial charge in [0.15, 0.2) is 0 Å². The molecule has 60 valence electrons. The van der Waals surface area contributed by atoms with E-state index in [0.29, 0.717) is 4.83 Å². The Labute approximate surface area is 76.8 Å². The van der Waals surface area contributed by atoms with Crippen LogP contribution in [0.4, 0.5) is 0 Å². The molecule has 0 spiro atoms. The van der Waals surface area contributed by atoms with E-state index in [4.69, 9.17) is 0 Å². The van der Waals surface area contributed by atoms with Gasteiger partial charge in [0.05, 0.1) is 0 Å². The van der Waals surface area contributed by atoms with Gasteiger partial charge in [-0.05, 0) is 31.9 Å². The Bertz CT molecular complexity index is 251. The third-order valence-corrected chi connectivity index (χ3v) is 2.36. The Morgan fingerprint density at radius 2 is 1.91 bits per heavy atom. The van der Waals surface area contributed by atoms with Crippen molar-refractivity contribution in [2.24, 2.45) is 0 Å². The summed E-state index contributed by atoms with van der Waals surface area (Å²) in [5.41, 5.74) is 4.09. The molecule has 0 N–H and O–H groups in total. The van der Waals surface area contributed by atoms with Gasteiger partial charge < -0.3 is 0 Å². The summed E-state index contributed by atoms with van der Waals surface area (Å²) in [6.45, 7) is 6.42. The summed E-state index contributed by atoms with van der Waals surface area (Å²) < 4.78 is 0. The van der Waals surface area contributed by atoms with Gasteiger partial charge in [-0.3, -0.25) is 0 Å². The van der Waals surface area contributed by atoms with Crippen molar-refractivity contribution in [2.75, 3.05) is 0 Å². The molecular weight excluding hydrogens is 200 g/mol. The lowest BCUT2D eigenvalue weighted by Crippen LogP contribution is -1.89. The molecule has 1 heteroatoms. The van der Waals surface area contributed by atoms with Crippen LogP contribution < -0.4 is 0 Å². The molecule has 1 aromatic carbocycles. The van der Waals surface area contributed by atoms with E-state index in [9.17, 15) is 0 Å². The van der Waals surface area contributed by atoms with Gasteiger partial charge in [-0.15, -0.1) is 0 Å². The van der Waals surface area contributed by atoms with Crippen molar-refractivity contribution in [1.29, 1.82) is 0 Å². The van der Waals surface area contributed by atoms with Crippen LogP contribution in [0.15, 0.2) is 18.2 Å². The molecule has 0 bridgehead atoms. The van der Waals surface area contributed by atoms with Crippen molar-refractivity contribution < 1.29 is 0 Å². The molecule has 0 nitrogen and oxygen atoms in total. The Hall–Kier alpha value is -0.300. The smallest absolute Gasteiger partial charge is 0.0369 e. The predicted octanol–water partition coefficient (Wildman–Crippen LogP) is 3.76. The van der Waals surface area contributed by atoms with Crippen LogP contribution in [-0.2, 0) is 0 Å². The Morgan fingerprint density at radius 3 is 2.36 bits per heavy atom. The normalized spacial score (nSPS) is 13.1. The van der Waals surface area contributed by atoms with E-state index in [-0.39, 0.29) is 0 Å². The van der Waals surface area contributed by atoms with E-state index in [1.54, 1.807) is 0 Å². The number of hydrogen-bond donors (Lipinski definition) is 0. The summed E-state index contributed by atoms with van der Waals surface area (Å²) in [5.74, 6) is 0. The molecule has 0 radical (unpaired) electrons. The molecule has 1 rings (SSSR count). The minimum absolute atomic E-state index is 0.461. The fourth-order valence-corrected chi connectivity index (χ4v) is 1.68. The van der Waals surface area contributed by atoms with E-state index in [2.05, 4.69) is 54.9 Å². The largest absolute Gasteiger partial charge is 0.0842 e. The van der Waals surface area contributed by atoms with Gasteiger partial charge in [0.2, 0.25) is 0 Å². The van der Waals surface area contributed by atoms with Crippen LogP contribution in [0.1, 0.15) is 28.4 Å². The van der Waals surface area contributed by atoms with Crippen molar-refractivity contribution in [1.82, 2.24) is 0 Å². The van der Waals surface area contributed by atoms with Gasteiger partial charge in [-0.1, -0.05) is 39.7 Å². The number of alkyl halides is 1. The maximum absolute atomic E-state index is 3.57. The van der Waals surface area contributed by atoms with Gasteiger partial charge in [0.1, 0.15) is 0 Å². The lowest BCUT2D eigenvalue weighted by molar-refractivity contribution is 1.09. The monoisotopic (exact) mass is 212 g/mol. The fourth-order valence-electron chi connectivity index (χ4n) is 1.19. The SMILES string of the molecule is Cc1ccc(C)c(C(C)Br)c1. The molecule has 1 aromatic rings. The zero-order chi connectivity index (χ0) is 8.43. The molecule has 0 amide bonds. The van der Waals surface area contributed by atoms with Crippen LogP contribution >= 0.6 is 15.9 Å². The summed E-state index contributed by atoms with van der Waals surface area (Å²) in [6, 6.07) is 6.55. The van der Waals surface area contributed by atoms with Crippen LogP contribution in [0.3, 0.4) is 0 Å². The molecule has 1 atom stereocenters. The maximum Gasteiger partial charge on any atom is 0.0369 e. The average Bonchev–Trinajstić information content (AvgIpc) is 1.94. The van der Waals surface area contributed by atoms with E-state index >= 15 is 0 Å². The van der Waals surface area contributed by atoms with Crippen molar-refractivity contribution in [3.05, 3.63) is 34.9 Å². The highest BCUT2D eigenvalue weighted by molar-refractivity contribution is 9.09. The van der Waals surface area contributed by atoms with Crippen molar-refractivity contribution in [3.8, 4) is 0 Å². The molecule has 0 aliphatic carbocycles. The van der Waals surface area contributed by atoms with Crippen LogP contribution in [0.25, 0.3) is 0 Å². The highest BCUT2D eigenvalue weighted by Crippen LogP contribution is 2.25. The van der Waals surface area contributed by atoms with Gasteiger partial charge >= 0.3 is 0 Å². The molecule has 0 saturated heterocycles. The van der Waals surface area contributed by atoms with Crippen LogP contribution in [0.5, 0.6) is 0 Å². The van der Waals surface area contributed by atoms with Crippen molar-refractivity contribution in [2.45, 2.75) is 25.6 Å². The molecule has 0 heterocycles. The predicted molar refractivity (Wildman–Crippen MR) is 53.3 cm³/mol. The second kappa shape index (κ2) is 3.40. The van der Waals surface area contributed by atoms with Gasteiger partial charge in [0.25, 0.3) is 0 Å². The molecule has 0 aliphatic rings. The number of rotatable bonds is 1. The lowest BCUT2D eigenvalue weighted by Gasteiger charge is -2.08. The summed E-state index contributed by atoms with van der Waals surface area (Å²) in [6.07, 6.45) is 0. The Morgan fingerprint density at radius 1 is 1.27 bits per heavy atom. The Kier molecular flexibility index (Phi) is 2.72. The third-order valence-electron chi connectivity index (χ3n) is 1.86. The van der Waals surface area contributed by atoms with Crippen molar-refractivity contribution in [3.63, 3.8) is 0 Å². The first-order chi connectivity index (χ1) is 5.11. The first-order valence-electron chi connectivity index (χ1n) is 3.82. The van der Waals surface area contributed by atoms with Crippen molar-refractivity contribution >= 4 is 15.9 Å². The minimum atomic E-state index is 0.461. The fraction of sp³-hybridized carbons (Fsp3) is 0.400. The van der Waals surface area contributed by atoms with Crippen LogP contribution in [0.2, 0.25) is 0 Å². The molecule has 0 fully saturated rings. The van der Waals surface area contributed by atoms with Crippen LogP contribution in [-0.4, -0.2) is 0 Å². The highest BCUT2D eigenvalue weighted by Gasteiger charge is 2.03. The van der Waals surface area contributed by atoms with Gasteiger partial charge in [0, 0.05) is 4.83 Å². The summed E-state index contributed by atoms with van der Waals surface area (Å²) in [5, 5.41) is 0.